The smallest absolute Gasteiger partial charge is 0.270 e. The van der Waals surface area contributed by atoms with Crippen molar-refractivity contribution in [2.75, 3.05) is 33.3 Å². The van der Waals surface area contributed by atoms with Crippen LogP contribution in [0.1, 0.15) is 54.6 Å². The number of H-pyrrole nitrogens is 2. The van der Waals surface area contributed by atoms with E-state index in [9.17, 15) is 9.90 Å². The van der Waals surface area contributed by atoms with Crippen molar-refractivity contribution < 1.29 is 14.6 Å². The number of nitrogens with zero attached hydrogens (tertiary/aromatic N) is 2. The molecule has 6 rings (SSSR count). The van der Waals surface area contributed by atoms with Crippen molar-refractivity contribution in [3.05, 3.63) is 66.0 Å². The number of carbonyl (C=O) groups is 1. The highest BCUT2D eigenvalue weighted by Crippen LogP contribution is 2.35. The van der Waals surface area contributed by atoms with Crippen LogP contribution in [-0.2, 0) is 0 Å². The number of methoxy groups -OCH3 is 1. The van der Waals surface area contributed by atoms with E-state index in [1.54, 1.807) is 7.11 Å². The SMILES string of the molecule is COc1ccc2[nH]c(C(=O)N3C[C@@](C)(O)C[C@H]3CCN3CCC(c4c[nH]c5ccccc45)CC3)cc2c1. The second kappa shape index (κ2) is 9.54. The number of aromatic amines is 2. The number of carbonyl (C=O) groups excluding carboxylic acids is 1. The Labute approximate surface area is 217 Å². The minimum atomic E-state index is -0.863. The molecule has 0 saturated carbocycles. The number of aliphatic hydroxyl groups is 1. The molecule has 2 fully saturated rings. The number of para-hydroxylation sites is 1. The quantitative estimate of drug-likeness (QED) is 0.352. The Hall–Kier alpha value is -3.29. The summed E-state index contributed by atoms with van der Waals surface area (Å²) >= 11 is 0. The van der Waals surface area contributed by atoms with Gasteiger partial charge >= 0.3 is 0 Å². The molecule has 0 spiro atoms. The molecule has 0 aliphatic carbocycles. The standard InChI is InChI=1S/C30H36N4O3/c1-30(36)17-22(34(19-30)29(35)28-16-21-15-23(37-2)7-8-26(21)32-28)11-14-33-12-9-20(10-13-33)25-18-31-27-6-4-3-5-24(25)27/h3-8,15-16,18,20,22,31-32,36H,9-14,17,19H2,1-2H3/t22-,30+/m1/s1. The molecule has 2 aromatic heterocycles. The van der Waals surface area contributed by atoms with E-state index >= 15 is 0 Å². The number of hydrogen-bond donors (Lipinski definition) is 3. The van der Waals surface area contributed by atoms with E-state index in [2.05, 4.69) is 45.3 Å². The van der Waals surface area contributed by atoms with Gasteiger partial charge in [-0.25, -0.2) is 0 Å². The molecule has 4 aromatic rings. The van der Waals surface area contributed by atoms with Crippen LogP contribution < -0.4 is 4.74 Å². The maximum absolute atomic E-state index is 13.5. The first-order valence-electron chi connectivity index (χ1n) is 13.4. The molecular weight excluding hydrogens is 464 g/mol. The van der Waals surface area contributed by atoms with Gasteiger partial charge in [0.2, 0.25) is 0 Å². The first-order valence-corrected chi connectivity index (χ1v) is 13.4. The fourth-order valence-corrected chi connectivity index (χ4v) is 6.41. The van der Waals surface area contributed by atoms with Crippen molar-refractivity contribution in [1.82, 2.24) is 19.8 Å². The average molecular weight is 501 g/mol. The predicted molar refractivity (Wildman–Crippen MR) is 146 cm³/mol. The third kappa shape index (κ3) is 4.74. The Morgan fingerprint density at radius 1 is 1.14 bits per heavy atom. The van der Waals surface area contributed by atoms with Crippen molar-refractivity contribution in [3.8, 4) is 5.75 Å². The van der Waals surface area contributed by atoms with E-state index < -0.39 is 5.60 Å². The highest BCUT2D eigenvalue weighted by atomic mass is 16.5. The van der Waals surface area contributed by atoms with Crippen molar-refractivity contribution >= 4 is 27.7 Å². The van der Waals surface area contributed by atoms with E-state index in [0.717, 1.165) is 55.5 Å². The van der Waals surface area contributed by atoms with Gasteiger partial charge in [-0.15, -0.1) is 0 Å². The molecule has 0 radical (unpaired) electrons. The van der Waals surface area contributed by atoms with Gasteiger partial charge in [-0.05, 0) is 87.5 Å². The van der Waals surface area contributed by atoms with Crippen molar-refractivity contribution in [3.63, 3.8) is 0 Å². The molecular formula is C30H36N4O3. The third-order valence-electron chi connectivity index (χ3n) is 8.37. The summed E-state index contributed by atoms with van der Waals surface area (Å²) in [5.74, 6) is 1.30. The number of nitrogens with one attached hydrogen (secondary N) is 2. The van der Waals surface area contributed by atoms with Crippen LogP contribution in [0.25, 0.3) is 21.8 Å². The largest absolute Gasteiger partial charge is 0.497 e. The molecule has 2 aliphatic heterocycles. The Morgan fingerprint density at radius 2 is 1.95 bits per heavy atom. The molecule has 7 nitrogen and oxygen atoms in total. The van der Waals surface area contributed by atoms with Gasteiger partial charge in [0.15, 0.2) is 0 Å². The molecule has 2 aliphatic rings. The van der Waals surface area contributed by atoms with Gasteiger partial charge in [-0.2, -0.15) is 0 Å². The number of β-amino-alcohol motifs (C(OH)–C–C–N with tert-alkyl or cyclic N) is 1. The van der Waals surface area contributed by atoms with Crippen LogP contribution in [0.5, 0.6) is 5.75 Å². The third-order valence-corrected chi connectivity index (χ3v) is 8.37. The van der Waals surface area contributed by atoms with Gasteiger partial charge in [0.25, 0.3) is 5.91 Å². The number of likely N-dealkylation sites (tertiary alicyclic amines) is 2. The van der Waals surface area contributed by atoms with Gasteiger partial charge in [0, 0.05) is 47.1 Å². The minimum absolute atomic E-state index is 0.0230. The number of hydrogen-bond acceptors (Lipinski definition) is 4. The van der Waals surface area contributed by atoms with Crippen molar-refractivity contribution in [1.29, 1.82) is 0 Å². The summed E-state index contributed by atoms with van der Waals surface area (Å²) in [4.78, 5) is 24.6. The lowest BCUT2D eigenvalue weighted by atomic mass is 9.89. The molecule has 0 bridgehead atoms. The van der Waals surface area contributed by atoms with Gasteiger partial charge in [0.1, 0.15) is 11.4 Å². The van der Waals surface area contributed by atoms with Crippen molar-refractivity contribution in [2.45, 2.75) is 50.2 Å². The second-order valence-electron chi connectivity index (χ2n) is 11.1. The summed E-state index contributed by atoms with van der Waals surface area (Å²) in [6.45, 7) is 5.26. The lowest BCUT2D eigenvalue weighted by Crippen LogP contribution is -2.40. The fraction of sp³-hybridized carbons (Fsp3) is 0.433. The molecule has 4 heterocycles. The number of ether oxygens (including phenoxy) is 1. The van der Waals surface area contributed by atoms with E-state index in [0.29, 0.717) is 24.6 Å². The van der Waals surface area contributed by atoms with Crippen LogP contribution in [0.4, 0.5) is 0 Å². The Bertz CT molecular complexity index is 1410. The number of benzene rings is 2. The van der Waals surface area contributed by atoms with Crippen LogP contribution in [0.2, 0.25) is 0 Å². The van der Waals surface area contributed by atoms with Crippen molar-refractivity contribution in [2.24, 2.45) is 0 Å². The fourth-order valence-electron chi connectivity index (χ4n) is 6.41. The zero-order valence-corrected chi connectivity index (χ0v) is 21.7. The van der Waals surface area contributed by atoms with Crippen LogP contribution in [0.3, 0.4) is 0 Å². The average Bonchev–Trinajstić information content (AvgIpc) is 3.61. The molecule has 2 saturated heterocycles. The minimum Gasteiger partial charge on any atom is -0.497 e. The van der Waals surface area contributed by atoms with Gasteiger partial charge in [0.05, 0.1) is 12.7 Å². The maximum Gasteiger partial charge on any atom is 0.270 e. The van der Waals surface area contributed by atoms with Crippen LogP contribution in [0, 0.1) is 0 Å². The van der Waals surface area contributed by atoms with Crippen LogP contribution >= 0.6 is 0 Å². The Morgan fingerprint density at radius 3 is 2.76 bits per heavy atom. The Kier molecular flexibility index (Phi) is 6.21. The summed E-state index contributed by atoms with van der Waals surface area (Å²) in [7, 11) is 1.64. The zero-order chi connectivity index (χ0) is 25.6. The first-order chi connectivity index (χ1) is 17.9. The van der Waals surface area contributed by atoms with E-state index in [1.807, 2.05) is 36.1 Å². The monoisotopic (exact) mass is 500 g/mol. The maximum atomic E-state index is 13.5. The summed E-state index contributed by atoms with van der Waals surface area (Å²) in [6.07, 6.45) is 5.96. The number of aromatic nitrogens is 2. The van der Waals surface area contributed by atoms with E-state index in [4.69, 9.17) is 4.74 Å². The normalized spacial score (nSPS) is 23.3. The highest BCUT2D eigenvalue weighted by Gasteiger charge is 2.42. The second-order valence-corrected chi connectivity index (χ2v) is 11.1. The molecule has 2 aromatic carbocycles. The van der Waals surface area contributed by atoms with E-state index in [-0.39, 0.29) is 11.9 Å². The molecule has 0 unspecified atom stereocenters. The molecule has 194 valence electrons. The molecule has 37 heavy (non-hydrogen) atoms. The summed E-state index contributed by atoms with van der Waals surface area (Å²) < 4.78 is 5.32. The Balaban J connectivity index is 1.09. The summed E-state index contributed by atoms with van der Waals surface area (Å²) in [5.41, 5.74) is 3.26. The topological polar surface area (TPSA) is 84.6 Å². The number of piperidine rings is 1. The van der Waals surface area contributed by atoms with Gasteiger partial charge < -0.3 is 29.6 Å². The highest BCUT2D eigenvalue weighted by molar-refractivity contribution is 5.98. The number of fused-ring (bicyclic) bond motifs is 2. The molecule has 2 atom stereocenters. The molecule has 3 N–H and O–H groups in total. The van der Waals surface area contributed by atoms with Gasteiger partial charge in [-0.1, -0.05) is 18.2 Å². The van der Waals surface area contributed by atoms with Gasteiger partial charge in [-0.3, -0.25) is 4.79 Å². The number of rotatable bonds is 6. The molecule has 7 heteroatoms. The lowest BCUT2D eigenvalue weighted by Gasteiger charge is -2.33. The zero-order valence-electron chi connectivity index (χ0n) is 21.7. The van der Waals surface area contributed by atoms with Crippen LogP contribution in [0.15, 0.2) is 54.7 Å². The molecule has 1 amide bonds. The first kappa shape index (κ1) is 24.1. The summed E-state index contributed by atoms with van der Waals surface area (Å²) in [6, 6.07) is 16.2. The lowest BCUT2D eigenvalue weighted by molar-refractivity contribution is 0.0560. The predicted octanol–water partition coefficient (Wildman–Crippen LogP) is 4.89. The van der Waals surface area contributed by atoms with Crippen LogP contribution in [-0.4, -0.2) is 75.7 Å². The summed E-state index contributed by atoms with van der Waals surface area (Å²) in [5, 5.41) is 13.2. The number of amides is 1. The van der Waals surface area contributed by atoms with E-state index in [1.165, 1.54) is 16.5 Å².